The summed E-state index contributed by atoms with van der Waals surface area (Å²) in [5.41, 5.74) is 5.55. The van der Waals surface area contributed by atoms with Crippen LogP contribution in [0.25, 0.3) is 0 Å². The fourth-order valence-electron chi connectivity index (χ4n) is 1.21. The molecule has 0 saturated heterocycles. The molecule has 0 aliphatic rings. The molecule has 0 amide bonds. The van der Waals surface area contributed by atoms with Gasteiger partial charge in [-0.05, 0) is 25.7 Å². The number of nitrogens with two attached hydrogens (primary N) is 1. The van der Waals surface area contributed by atoms with E-state index in [2.05, 4.69) is 20.8 Å². The van der Waals surface area contributed by atoms with E-state index in [1.807, 2.05) is 6.92 Å². The zero-order valence-corrected chi connectivity index (χ0v) is 9.26. The van der Waals surface area contributed by atoms with E-state index >= 15 is 0 Å². The maximum absolute atomic E-state index is 11.1. The van der Waals surface area contributed by atoms with Gasteiger partial charge < -0.3 is 10.5 Å². The highest BCUT2D eigenvalue weighted by Crippen LogP contribution is 2.22. The average molecular weight is 187 g/mol. The summed E-state index contributed by atoms with van der Waals surface area (Å²) in [7, 11) is 0. The van der Waals surface area contributed by atoms with Gasteiger partial charge in [-0.25, -0.2) is 0 Å². The minimum absolute atomic E-state index is 0.0569. The zero-order chi connectivity index (χ0) is 10.6. The van der Waals surface area contributed by atoms with E-state index in [9.17, 15) is 4.79 Å². The molecule has 0 aromatic rings. The molecule has 0 saturated carbocycles. The first-order valence-electron chi connectivity index (χ1n) is 4.68. The van der Waals surface area contributed by atoms with Gasteiger partial charge in [-0.15, -0.1) is 0 Å². The van der Waals surface area contributed by atoms with E-state index in [1.54, 1.807) is 6.92 Å². The quantitative estimate of drug-likeness (QED) is 0.684. The monoisotopic (exact) mass is 187 g/mol. The molecule has 0 spiro atoms. The van der Waals surface area contributed by atoms with Gasteiger partial charge in [0.2, 0.25) is 0 Å². The Morgan fingerprint density at radius 1 is 1.38 bits per heavy atom. The summed E-state index contributed by atoms with van der Waals surface area (Å²) < 4.78 is 5.12. The first-order valence-corrected chi connectivity index (χ1v) is 4.68. The van der Waals surface area contributed by atoms with E-state index in [0.717, 1.165) is 6.42 Å². The largest absolute Gasteiger partial charge is 0.462 e. The van der Waals surface area contributed by atoms with Crippen LogP contribution in [-0.2, 0) is 9.53 Å². The second-order valence-corrected chi connectivity index (χ2v) is 4.80. The second kappa shape index (κ2) is 4.61. The van der Waals surface area contributed by atoms with Crippen molar-refractivity contribution in [3.05, 3.63) is 0 Å². The normalized spacial score (nSPS) is 16.5. The molecule has 0 fully saturated rings. The van der Waals surface area contributed by atoms with Crippen LogP contribution in [0.1, 0.15) is 41.0 Å². The lowest BCUT2D eigenvalue weighted by molar-refractivity contribution is -0.150. The Morgan fingerprint density at radius 2 is 1.85 bits per heavy atom. The number of rotatable bonds is 3. The van der Waals surface area contributed by atoms with Crippen molar-refractivity contribution in [2.24, 2.45) is 11.1 Å². The van der Waals surface area contributed by atoms with E-state index in [0.29, 0.717) is 0 Å². The highest BCUT2D eigenvalue weighted by atomic mass is 16.5. The molecule has 0 aliphatic carbocycles. The highest BCUT2D eigenvalue weighted by molar-refractivity contribution is 5.75. The summed E-state index contributed by atoms with van der Waals surface area (Å²) in [6, 6.07) is -0.526. The Morgan fingerprint density at radius 3 is 2.15 bits per heavy atom. The molecule has 0 rings (SSSR count). The third-order valence-corrected chi connectivity index (χ3v) is 1.59. The minimum Gasteiger partial charge on any atom is -0.462 e. The number of hydrogen-bond donors (Lipinski definition) is 1. The molecule has 2 N–H and O–H groups in total. The van der Waals surface area contributed by atoms with Crippen LogP contribution in [0.15, 0.2) is 0 Å². The molecule has 0 radical (unpaired) electrons. The number of carbonyl (C=O) groups is 1. The third-order valence-electron chi connectivity index (χ3n) is 1.59. The fraction of sp³-hybridized carbons (Fsp3) is 0.900. The Labute approximate surface area is 80.6 Å². The molecule has 78 valence electrons. The van der Waals surface area contributed by atoms with Crippen LogP contribution in [0, 0.1) is 5.41 Å². The molecule has 0 bridgehead atoms. The maximum Gasteiger partial charge on any atom is 0.322 e. The van der Waals surface area contributed by atoms with Crippen LogP contribution >= 0.6 is 0 Å². The molecule has 0 aromatic carbocycles. The molecule has 13 heavy (non-hydrogen) atoms. The van der Waals surface area contributed by atoms with Crippen molar-refractivity contribution in [3.63, 3.8) is 0 Å². The molecule has 0 heterocycles. The molecule has 0 unspecified atom stereocenters. The molecular formula is C10H21NO2. The molecule has 3 heteroatoms. The van der Waals surface area contributed by atoms with Crippen molar-refractivity contribution in [1.82, 2.24) is 0 Å². The van der Waals surface area contributed by atoms with Crippen molar-refractivity contribution in [3.8, 4) is 0 Å². The third kappa shape index (κ3) is 6.58. The molecule has 0 aliphatic heterocycles. The van der Waals surface area contributed by atoms with Gasteiger partial charge in [-0.3, -0.25) is 4.79 Å². The van der Waals surface area contributed by atoms with Crippen molar-refractivity contribution in [2.45, 2.75) is 53.2 Å². The van der Waals surface area contributed by atoms with Crippen LogP contribution in [0.4, 0.5) is 0 Å². The van der Waals surface area contributed by atoms with Gasteiger partial charge in [0.1, 0.15) is 6.04 Å². The van der Waals surface area contributed by atoms with Crippen molar-refractivity contribution in [2.75, 3.05) is 0 Å². The zero-order valence-electron chi connectivity index (χ0n) is 9.26. The smallest absolute Gasteiger partial charge is 0.322 e. The number of ether oxygens (including phenoxy) is 1. The fourth-order valence-corrected chi connectivity index (χ4v) is 1.21. The molecule has 0 aromatic heterocycles. The first-order chi connectivity index (χ1) is 5.72. The van der Waals surface area contributed by atoms with Crippen LogP contribution < -0.4 is 5.73 Å². The summed E-state index contributed by atoms with van der Waals surface area (Å²) in [5, 5.41) is 0. The summed E-state index contributed by atoms with van der Waals surface area (Å²) in [5.74, 6) is -0.322. The second-order valence-electron chi connectivity index (χ2n) is 4.80. The molecular weight excluding hydrogens is 166 g/mol. The maximum atomic E-state index is 11.1. The molecule has 2 atom stereocenters. The topological polar surface area (TPSA) is 52.3 Å². The van der Waals surface area contributed by atoms with Gasteiger partial charge in [-0.1, -0.05) is 20.8 Å². The summed E-state index contributed by atoms with van der Waals surface area (Å²) >= 11 is 0. The van der Waals surface area contributed by atoms with Crippen LogP contribution in [0.5, 0.6) is 0 Å². The van der Waals surface area contributed by atoms with Crippen LogP contribution in [0.3, 0.4) is 0 Å². The summed E-state index contributed by atoms with van der Waals surface area (Å²) in [6.45, 7) is 9.87. The molecule has 3 nitrogen and oxygen atoms in total. The van der Waals surface area contributed by atoms with Gasteiger partial charge in [0, 0.05) is 0 Å². The van der Waals surface area contributed by atoms with E-state index < -0.39 is 6.04 Å². The number of esters is 1. The number of hydrogen-bond acceptors (Lipinski definition) is 3. The SMILES string of the molecule is C[C@H](N)C(=O)O[C@@H](C)CC(C)(C)C. The lowest BCUT2D eigenvalue weighted by Crippen LogP contribution is -2.32. The Bertz CT molecular complexity index is 170. The van der Waals surface area contributed by atoms with Gasteiger partial charge in [-0.2, -0.15) is 0 Å². The minimum atomic E-state index is -0.526. The Kier molecular flexibility index (Phi) is 4.40. The number of carbonyl (C=O) groups excluding carboxylic acids is 1. The van der Waals surface area contributed by atoms with Crippen molar-refractivity contribution < 1.29 is 9.53 Å². The Hall–Kier alpha value is -0.570. The predicted molar refractivity (Wildman–Crippen MR) is 53.3 cm³/mol. The summed E-state index contributed by atoms with van der Waals surface area (Å²) in [6.07, 6.45) is 0.796. The predicted octanol–water partition coefficient (Wildman–Crippen LogP) is 1.70. The lowest BCUT2D eigenvalue weighted by Gasteiger charge is -2.23. The van der Waals surface area contributed by atoms with Crippen LogP contribution in [0.2, 0.25) is 0 Å². The van der Waals surface area contributed by atoms with E-state index in [-0.39, 0.29) is 17.5 Å². The van der Waals surface area contributed by atoms with Gasteiger partial charge >= 0.3 is 5.97 Å². The lowest BCUT2D eigenvalue weighted by atomic mass is 9.90. The van der Waals surface area contributed by atoms with Gasteiger partial charge in [0.25, 0.3) is 0 Å². The first kappa shape index (κ1) is 12.4. The Balaban J connectivity index is 3.88. The van der Waals surface area contributed by atoms with Crippen molar-refractivity contribution in [1.29, 1.82) is 0 Å². The van der Waals surface area contributed by atoms with E-state index in [4.69, 9.17) is 10.5 Å². The van der Waals surface area contributed by atoms with Crippen LogP contribution in [-0.4, -0.2) is 18.1 Å². The average Bonchev–Trinajstić information content (AvgIpc) is 1.81. The van der Waals surface area contributed by atoms with E-state index in [1.165, 1.54) is 0 Å². The van der Waals surface area contributed by atoms with Gasteiger partial charge in [0.05, 0.1) is 6.10 Å². The standard InChI is InChI=1S/C10H21NO2/c1-7(6-10(3,4)5)13-9(12)8(2)11/h7-8H,6,11H2,1-5H3/t7-,8-/m0/s1. The van der Waals surface area contributed by atoms with Gasteiger partial charge in [0.15, 0.2) is 0 Å². The van der Waals surface area contributed by atoms with Crippen molar-refractivity contribution >= 4 is 5.97 Å². The highest BCUT2D eigenvalue weighted by Gasteiger charge is 2.19. The summed E-state index contributed by atoms with van der Waals surface area (Å²) in [4.78, 5) is 11.1.